The standard InChI is InChI=1S/C22H25N3O6.C2HF3O2/c1-3-31-22(29)25-12-10-24(11-13-25)19-9-6-16(21(27)28)14-18(19)23-20(26)15-4-7-17(30-2)8-5-15;3-2(4,5)1(6)7/h4-9,14H,3,10-13H2,1-2H3,(H,23,26)(H,27,28);(H,6,7). The molecule has 3 N–H and O–H groups in total. The first kappa shape index (κ1) is 29.7. The first-order valence-electron chi connectivity index (χ1n) is 11.2. The van der Waals surface area contributed by atoms with Crippen molar-refractivity contribution in [3.05, 3.63) is 53.6 Å². The number of carboxylic acid groups (broad SMARTS) is 2. The average molecular weight is 541 g/mol. The molecule has 1 aliphatic rings. The van der Waals surface area contributed by atoms with Crippen molar-refractivity contribution in [2.24, 2.45) is 0 Å². The van der Waals surface area contributed by atoms with Crippen LogP contribution >= 0.6 is 0 Å². The average Bonchev–Trinajstić information content (AvgIpc) is 2.88. The number of anilines is 2. The van der Waals surface area contributed by atoms with E-state index in [-0.39, 0.29) is 17.6 Å². The number of carbonyl (C=O) groups excluding carboxylic acids is 2. The molecule has 2 aromatic carbocycles. The number of hydrogen-bond donors (Lipinski definition) is 3. The van der Waals surface area contributed by atoms with Gasteiger partial charge in [0.1, 0.15) is 5.75 Å². The Balaban J connectivity index is 0.000000638. The number of halogens is 3. The molecule has 2 amide bonds. The van der Waals surface area contributed by atoms with Crippen LogP contribution in [0.1, 0.15) is 27.6 Å². The predicted octanol–water partition coefficient (Wildman–Crippen LogP) is 3.56. The number of alkyl halides is 3. The largest absolute Gasteiger partial charge is 0.497 e. The van der Waals surface area contributed by atoms with Gasteiger partial charge in [0.15, 0.2) is 0 Å². The van der Waals surface area contributed by atoms with Crippen LogP contribution in [0.5, 0.6) is 5.75 Å². The van der Waals surface area contributed by atoms with Crippen LogP contribution in [-0.2, 0) is 9.53 Å². The molecule has 0 bridgehead atoms. The van der Waals surface area contributed by atoms with Gasteiger partial charge in [0.05, 0.1) is 30.7 Å². The Morgan fingerprint density at radius 2 is 1.50 bits per heavy atom. The third-order valence-corrected chi connectivity index (χ3v) is 5.23. The van der Waals surface area contributed by atoms with Crippen molar-refractivity contribution in [1.29, 1.82) is 0 Å². The molecule has 0 atom stereocenters. The van der Waals surface area contributed by atoms with Gasteiger partial charge in [-0.15, -0.1) is 0 Å². The van der Waals surface area contributed by atoms with Crippen LogP contribution in [0.15, 0.2) is 42.5 Å². The van der Waals surface area contributed by atoms with Gasteiger partial charge >= 0.3 is 24.2 Å². The van der Waals surface area contributed by atoms with Gasteiger partial charge in [-0.25, -0.2) is 14.4 Å². The Morgan fingerprint density at radius 3 is 1.97 bits per heavy atom. The van der Waals surface area contributed by atoms with E-state index in [1.54, 1.807) is 49.3 Å². The maximum Gasteiger partial charge on any atom is 0.490 e. The normalized spacial score (nSPS) is 13.1. The molecule has 14 heteroatoms. The summed E-state index contributed by atoms with van der Waals surface area (Å²) in [7, 11) is 1.54. The summed E-state index contributed by atoms with van der Waals surface area (Å²) in [6.07, 6.45) is -5.43. The Hall–Kier alpha value is -4.49. The molecule has 0 unspecified atom stereocenters. The van der Waals surface area contributed by atoms with Crippen molar-refractivity contribution in [2.75, 3.05) is 50.1 Å². The molecule has 2 aromatic rings. The van der Waals surface area contributed by atoms with Crippen LogP contribution in [0.25, 0.3) is 0 Å². The molecule has 3 rings (SSSR count). The lowest BCUT2D eigenvalue weighted by Gasteiger charge is -2.36. The number of carboxylic acids is 2. The fraction of sp³-hybridized carbons (Fsp3) is 0.333. The molecule has 1 fully saturated rings. The van der Waals surface area contributed by atoms with Gasteiger partial charge in [0, 0.05) is 31.7 Å². The first-order chi connectivity index (χ1) is 17.9. The number of piperazine rings is 1. The minimum atomic E-state index is -5.08. The van der Waals surface area contributed by atoms with E-state index >= 15 is 0 Å². The van der Waals surface area contributed by atoms with Gasteiger partial charge in [0.25, 0.3) is 5.91 Å². The van der Waals surface area contributed by atoms with Crippen molar-refractivity contribution in [2.45, 2.75) is 13.1 Å². The Bertz CT molecular complexity index is 1150. The van der Waals surface area contributed by atoms with Crippen molar-refractivity contribution < 1.29 is 52.0 Å². The van der Waals surface area contributed by atoms with E-state index < -0.39 is 18.1 Å². The molecule has 0 saturated carbocycles. The molecule has 11 nitrogen and oxygen atoms in total. The van der Waals surface area contributed by atoms with Crippen LogP contribution in [0.4, 0.5) is 29.3 Å². The molecule has 0 spiro atoms. The highest BCUT2D eigenvalue weighted by atomic mass is 19.4. The maximum atomic E-state index is 12.8. The molecule has 1 aliphatic heterocycles. The molecule has 206 valence electrons. The Kier molecular flexibility index (Phi) is 10.3. The lowest BCUT2D eigenvalue weighted by Crippen LogP contribution is -2.49. The quantitative estimate of drug-likeness (QED) is 0.500. The van der Waals surface area contributed by atoms with E-state index in [2.05, 4.69) is 5.32 Å². The number of ether oxygens (including phenoxy) is 2. The molecule has 0 aromatic heterocycles. The van der Waals surface area contributed by atoms with Gasteiger partial charge < -0.3 is 34.8 Å². The molecule has 1 heterocycles. The number of benzene rings is 2. The number of amides is 2. The lowest BCUT2D eigenvalue weighted by molar-refractivity contribution is -0.192. The van der Waals surface area contributed by atoms with Gasteiger partial charge in [-0.3, -0.25) is 4.79 Å². The number of methoxy groups -OCH3 is 1. The predicted molar refractivity (Wildman–Crippen MR) is 129 cm³/mol. The van der Waals surface area contributed by atoms with E-state index in [1.807, 2.05) is 4.90 Å². The van der Waals surface area contributed by atoms with Gasteiger partial charge in [-0.05, 0) is 49.4 Å². The lowest BCUT2D eigenvalue weighted by atomic mass is 10.1. The zero-order valence-electron chi connectivity index (χ0n) is 20.4. The second-order valence-electron chi connectivity index (χ2n) is 7.70. The summed E-state index contributed by atoms with van der Waals surface area (Å²) >= 11 is 0. The van der Waals surface area contributed by atoms with Gasteiger partial charge in [0.2, 0.25) is 0 Å². The van der Waals surface area contributed by atoms with Gasteiger partial charge in [-0.2, -0.15) is 13.2 Å². The van der Waals surface area contributed by atoms with Crippen LogP contribution < -0.4 is 15.0 Å². The number of nitrogens with zero attached hydrogens (tertiary/aromatic N) is 2. The fourth-order valence-corrected chi connectivity index (χ4v) is 3.33. The maximum absolute atomic E-state index is 12.8. The topological polar surface area (TPSA) is 146 Å². The molecule has 1 saturated heterocycles. The summed E-state index contributed by atoms with van der Waals surface area (Å²) in [5.41, 5.74) is 1.57. The summed E-state index contributed by atoms with van der Waals surface area (Å²) in [4.78, 5) is 48.7. The SMILES string of the molecule is CCOC(=O)N1CCN(c2ccc(C(=O)O)cc2NC(=O)c2ccc(OC)cc2)CC1.O=C(O)C(F)(F)F. The van der Waals surface area contributed by atoms with E-state index in [0.29, 0.717) is 55.5 Å². The summed E-state index contributed by atoms with van der Waals surface area (Å²) in [5, 5.41) is 19.3. The molecular formula is C24H26F3N3O8. The third-order valence-electron chi connectivity index (χ3n) is 5.23. The smallest absolute Gasteiger partial charge is 0.490 e. The second kappa shape index (κ2) is 13.2. The molecule has 0 aliphatic carbocycles. The molecule has 0 radical (unpaired) electrons. The van der Waals surface area contributed by atoms with E-state index in [4.69, 9.17) is 19.4 Å². The number of carbonyl (C=O) groups is 4. The minimum absolute atomic E-state index is 0.0685. The zero-order chi connectivity index (χ0) is 28.5. The van der Waals surface area contributed by atoms with Crippen molar-refractivity contribution in [1.82, 2.24) is 4.90 Å². The van der Waals surface area contributed by atoms with E-state index in [1.165, 1.54) is 12.1 Å². The van der Waals surface area contributed by atoms with E-state index in [0.717, 1.165) is 0 Å². The Labute approximate surface area is 215 Å². The number of nitrogens with one attached hydrogen (secondary N) is 1. The van der Waals surface area contributed by atoms with Crippen LogP contribution in [-0.4, -0.2) is 85.1 Å². The highest BCUT2D eigenvalue weighted by molar-refractivity contribution is 6.06. The number of aromatic carboxylic acids is 1. The molecular weight excluding hydrogens is 515 g/mol. The monoisotopic (exact) mass is 541 g/mol. The zero-order valence-corrected chi connectivity index (χ0v) is 20.4. The molecule has 38 heavy (non-hydrogen) atoms. The fourth-order valence-electron chi connectivity index (χ4n) is 3.33. The third kappa shape index (κ3) is 8.28. The van der Waals surface area contributed by atoms with Crippen molar-refractivity contribution >= 4 is 35.3 Å². The summed E-state index contributed by atoms with van der Waals surface area (Å²) in [5.74, 6) is -3.58. The number of hydrogen-bond acceptors (Lipinski definition) is 7. The highest BCUT2D eigenvalue weighted by Gasteiger charge is 2.38. The van der Waals surface area contributed by atoms with Crippen LogP contribution in [0.2, 0.25) is 0 Å². The second-order valence-corrected chi connectivity index (χ2v) is 7.70. The highest BCUT2D eigenvalue weighted by Crippen LogP contribution is 2.29. The minimum Gasteiger partial charge on any atom is -0.497 e. The summed E-state index contributed by atoms with van der Waals surface area (Å²) in [6.45, 7) is 4.05. The number of rotatable bonds is 6. The summed E-state index contributed by atoms with van der Waals surface area (Å²) < 4.78 is 41.9. The van der Waals surface area contributed by atoms with Gasteiger partial charge in [-0.1, -0.05) is 0 Å². The van der Waals surface area contributed by atoms with E-state index in [9.17, 15) is 32.7 Å². The Morgan fingerprint density at radius 1 is 0.947 bits per heavy atom. The van der Waals surface area contributed by atoms with Crippen molar-refractivity contribution in [3.63, 3.8) is 0 Å². The number of aliphatic carboxylic acids is 1. The van der Waals surface area contributed by atoms with Crippen molar-refractivity contribution in [3.8, 4) is 5.75 Å². The van der Waals surface area contributed by atoms with Crippen LogP contribution in [0.3, 0.4) is 0 Å². The summed E-state index contributed by atoms with van der Waals surface area (Å²) in [6, 6.07) is 11.2. The first-order valence-corrected chi connectivity index (χ1v) is 11.2. The van der Waals surface area contributed by atoms with Crippen LogP contribution in [0, 0.1) is 0 Å².